The Labute approximate surface area is 148 Å². The van der Waals surface area contributed by atoms with Crippen LogP contribution in [0.3, 0.4) is 0 Å². The fourth-order valence-corrected chi connectivity index (χ4v) is 3.50. The van der Waals surface area contributed by atoms with Gasteiger partial charge in [0.1, 0.15) is 0 Å². The summed E-state index contributed by atoms with van der Waals surface area (Å²) in [6.07, 6.45) is 2.16. The number of sulfonamides is 1. The lowest BCUT2D eigenvalue weighted by molar-refractivity contribution is 0.607. The molecule has 0 unspecified atom stereocenters. The Morgan fingerprint density at radius 1 is 1.16 bits per heavy atom. The second-order valence-electron chi connectivity index (χ2n) is 6.00. The molecule has 0 fully saturated rings. The predicted octanol–water partition coefficient (Wildman–Crippen LogP) is 2.20. The summed E-state index contributed by atoms with van der Waals surface area (Å²) in [5, 5.41) is 3.37. The van der Waals surface area contributed by atoms with E-state index in [1.54, 1.807) is 19.2 Å². The molecule has 2 aromatic rings. The monoisotopic (exact) mass is 358 g/mol. The van der Waals surface area contributed by atoms with Crippen LogP contribution in [-0.2, 0) is 23.0 Å². The van der Waals surface area contributed by atoms with Crippen LogP contribution < -0.4 is 14.9 Å². The Balaban J connectivity index is 1.64. The van der Waals surface area contributed by atoms with E-state index < -0.39 is 10.0 Å². The summed E-state index contributed by atoms with van der Waals surface area (Å²) in [7, 11) is -1.47. The van der Waals surface area contributed by atoms with E-state index in [9.17, 15) is 8.42 Å². The molecule has 132 valence electrons. The Morgan fingerprint density at radius 2 is 1.88 bits per heavy atom. The molecule has 0 aliphatic carbocycles. The normalized spacial score (nSPS) is 14.3. The van der Waals surface area contributed by atoms with Crippen LogP contribution in [0.1, 0.15) is 11.1 Å². The highest BCUT2D eigenvalue weighted by molar-refractivity contribution is 7.92. The third-order valence-electron chi connectivity index (χ3n) is 4.06. The summed E-state index contributed by atoms with van der Waals surface area (Å²) in [6.45, 7) is 1.53. The Hall–Kier alpha value is -2.54. The molecular formula is C18H22N4O2S. The molecule has 0 amide bonds. The maximum absolute atomic E-state index is 11.2. The first-order chi connectivity index (χ1) is 12.0. The molecule has 1 aliphatic rings. The zero-order chi connectivity index (χ0) is 17.9. The van der Waals surface area contributed by atoms with E-state index in [4.69, 9.17) is 0 Å². The fourth-order valence-electron chi connectivity index (χ4n) is 2.94. The van der Waals surface area contributed by atoms with Crippen LogP contribution >= 0.6 is 0 Å². The van der Waals surface area contributed by atoms with Crippen LogP contribution in [0.15, 0.2) is 53.5 Å². The molecule has 0 aromatic heterocycles. The summed E-state index contributed by atoms with van der Waals surface area (Å²) in [4.78, 5) is 6.58. The number of rotatable bonds is 4. The van der Waals surface area contributed by atoms with Crippen molar-refractivity contribution in [2.24, 2.45) is 4.99 Å². The van der Waals surface area contributed by atoms with Crippen molar-refractivity contribution >= 4 is 27.4 Å². The van der Waals surface area contributed by atoms with Crippen molar-refractivity contribution in [2.75, 3.05) is 29.5 Å². The van der Waals surface area contributed by atoms with Crippen LogP contribution in [0.2, 0.25) is 0 Å². The highest BCUT2D eigenvalue weighted by Crippen LogP contribution is 2.27. The lowest BCUT2D eigenvalue weighted by Gasteiger charge is -2.22. The maximum Gasteiger partial charge on any atom is 0.229 e. The number of anilines is 2. The number of hydrogen-bond acceptors (Lipinski definition) is 3. The minimum atomic E-state index is -3.25. The zero-order valence-corrected chi connectivity index (χ0v) is 15.2. The number of aliphatic imine (C=N–C) groups is 1. The van der Waals surface area contributed by atoms with Gasteiger partial charge in [0, 0.05) is 31.5 Å². The molecule has 1 heterocycles. The van der Waals surface area contributed by atoms with Gasteiger partial charge in [-0.15, -0.1) is 0 Å². The van der Waals surface area contributed by atoms with Crippen molar-refractivity contribution in [3.8, 4) is 0 Å². The van der Waals surface area contributed by atoms with Crippen LogP contribution in [0.4, 0.5) is 11.4 Å². The van der Waals surface area contributed by atoms with Gasteiger partial charge in [-0.2, -0.15) is 0 Å². The van der Waals surface area contributed by atoms with Crippen molar-refractivity contribution in [3.05, 3.63) is 59.7 Å². The van der Waals surface area contributed by atoms with Crippen molar-refractivity contribution < 1.29 is 8.42 Å². The highest BCUT2D eigenvalue weighted by Gasteiger charge is 2.22. The second kappa shape index (κ2) is 7.14. The Morgan fingerprint density at radius 3 is 2.56 bits per heavy atom. The Kier molecular flexibility index (Phi) is 4.94. The summed E-state index contributed by atoms with van der Waals surface area (Å²) in [5.74, 6) is 0.836. The summed E-state index contributed by atoms with van der Waals surface area (Å²) in [5.41, 5.74) is 4.14. The van der Waals surface area contributed by atoms with Crippen molar-refractivity contribution in [1.82, 2.24) is 5.32 Å². The van der Waals surface area contributed by atoms with E-state index in [0.717, 1.165) is 30.7 Å². The molecule has 0 saturated carbocycles. The molecule has 0 radical (unpaired) electrons. The standard InChI is InChI=1S/C18H22N4O2S/c1-19-18(22-12-11-15-5-3-4-6-17(15)22)20-13-14-7-9-16(10-8-14)21-25(2,23)24/h3-10,21H,11-13H2,1-2H3,(H,19,20). The maximum atomic E-state index is 11.2. The third kappa shape index (κ3) is 4.30. The highest BCUT2D eigenvalue weighted by atomic mass is 32.2. The number of para-hydroxylation sites is 1. The first-order valence-electron chi connectivity index (χ1n) is 8.09. The molecule has 25 heavy (non-hydrogen) atoms. The lowest BCUT2D eigenvalue weighted by atomic mass is 10.2. The van der Waals surface area contributed by atoms with E-state index in [-0.39, 0.29) is 0 Å². The number of guanidine groups is 1. The molecule has 6 nitrogen and oxygen atoms in total. The van der Waals surface area contributed by atoms with Crippen molar-refractivity contribution in [1.29, 1.82) is 0 Å². The largest absolute Gasteiger partial charge is 0.352 e. The van der Waals surface area contributed by atoms with Gasteiger partial charge in [-0.1, -0.05) is 30.3 Å². The Bertz CT molecular complexity index is 876. The quantitative estimate of drug-likeness (QED) is 0.649. The smallest absolute Gasteiger partial charge is 0.229 e. The topological polar surface area (TPSA) is 73.8 Å². The van der Waals surface area contributed by atoms with Crippen LogP contribution in [0.5, 0.6) is 0 Å². The van der Waals surface area contributed by atoms with Gasteiger partial charge >= 0.3 is 0 Å². The summed E-state index contributed by atoms with van der Waals surface area (Å²) >= 11 is 0. The van der Waals surface area contributed by atoms with E-state index in [1.165, 1.54) is 11.3 Å². The lowest BCUT2D eigenvalue weighted by Crippen LogP contribution is -2.40. The first kappa shape index (κ1) is 17.3. The van der Waals surface area contributed by atoms with Gasteiger partial charge in [0.2, 0.25) is 10.0 Å². The summed E-state index contributed by atoms with van der Waals surface area (Å²) < 4.78 is 24.9. The summed E-state index contributed by atoms with van der Waals surface area (Å²) in [6, 6.07) is 15.7. The molecule has 1 aliphatic heterocycles. The number of hydrogen-bond donors (Lipinski definition) is 2. The molecule has 7 heteroatoms. The van der Waals surface area contributed by atoms with Gasteiger partial charge in [0.15, 0.2) is 5.96 Å². The van der Waals surface area contributed by atoms with E-state index >= 15 is 0 Å². The molecule has 0 atom stereocenters. The number of fused-ring (bicyclic) bond motifs is 1. The SMILES string of the molecule is CN=C(NCc1ccc(NS(C)(=O)=O)cc1)N1CCc2ccccc21. The molecule has 0 spiro atoms. The van der Waals surface area contributed by atoms with Gasteiger partial charge in [-0.05, 0) is 35.7 Å². The molecule has 2 aromatic carbocycles. The molecule has 0 bridgehead atoms. The van der Waals surface area contributed by atoms with Gasteiger partial charge in [-0.3, -0.25) is 9.71 Å². The fraction of sp³-hybridized carbons (Fsp3) is 0.278. The molecular weight excluding hydrogens is 336 g/mol. The van der Waals surface area contributed by atoms with Gasteiger partial charge in [0.05, 0.1) is 6.26 Å². The van der Waals surface area contributed by atoms with Gasteiger partial charge in [0.25, 0.3) is 0 Å². The molecule has 0 saturated heterocycles. The average Bonchev–Trinajstić information content (AvgIpc) is 3.00. The first-order valence-corrected chi connectivity index (χ1v) is 9.98. The zero-order valence-electron chi connectivity index (χ0n) is 14.4. The van der Waals surface area contributed by atoms with Crippen LogP contribution in [0, 0.1) is 0 Å². The third-order valence-corrected chi connectivity index (χ3v) is 4.67. The molecule has 3 rings (SSSR count). The van der Waals surface area contributed by atoms with E-state index in [1.807, 2.05) is 18.2 Å². The van der Waals surface area contributed by atoms with Gasteiger partial charge in [-0.25, -0.2) is 8.42 Å². The average molecular weight is 358 g/mol. The number of nitrogens with zero attached hydrogens (tertiary/aromatic N) is 2. The second-order valence-corrected chi connectivity index (χ2v) is 7.75. The van der Waals surface area contributed by atoms with Crippen LogP contribution in [-0.4, -0.2) is 34.2 Å². The van der Waals surface area contributed by atoms with Crippen molar-refractivity contribution in [3.63, 3.8) is 0 Å². The van der Waals surface area contributed by atoms with Crippen molar-refractivity contribution in [2.45, 2.75) is 13.0 Å². The minimum absolute atomic E-state index is 0.559. The van der Waals surface area contributed by atoms with Gasteiger partial charge < -0.3 is 10.2 Å². The number of benzene rings is 2. The minimum Gasteiger partial charge on any atom is -0.352 e. The van der Waals surface area contributed by atoms with Crippen LogP contribution in [0.25, 0.3) is 0 Å². The van der Waals surface area contributed by atoms with E-state index in [2.05, 4.69) is 38.1 Å². The molecule has 2 N–H and O–H groups in total. The number of nitrogens with one attached hydrogen (secondary N) is 2. The predicted molar refractivity (Wildman–Crippen MR) is 103 cm³/mol. The van der Waals surface area contributed by atoms with E-state index in [0.29, 0.717) is 12.2 Å².